The number of carbonyl (C=O) groups excluding carboxylic acids is 2. The molecular weight excluding hydrogens is 254 g/mol. The van der Waals surface area contributed by atoms with Gasteiger partial charge >= 0.3 is 0 Å². The maximum Gasteiger partial charge on any atom is 0.238 e. The van der Waals surface area contributed by atoms with E-state index < -0.39 is 0 Å². The molecule has 0 radical (unpaired) electrons. The monoisotopic (exact) mass is 269 g/mol. The molecule has 1 aromatic carbocycles. The molecule has 4 nitrogen and oxygen atoms in total. The SMILES string of the molecule is Cc1cc(N2C(=O)C3C4C=CC(C4)C3C2=O)ccc1O. The molecule has 4 heteroatoms. The fourth-order valence-corrected chi connectivity index (χ4v) is 3.94. The zero-order valence-electron chi connectivity index (χ0n) is 11.1. The molecule has 20 heavy (non-hydrogen) atoms. The van der Waals surface area contributed by atoms with Gasteiger partial charge in [0.05, 0.1) is 17.5 Å². The molecule has 4 unspecified atom stereocenters. The summed E-state index contributed by atoms with van der Waals surface area (Å²) in [5.74, 6) is 0.117. The molecule has 2 bridgehead atoms. The summed E-state index contributed by atoms with van der Waals surface area (Å²) in [5.41, 5.74) is 1.24. The van der Waals surface area contributed by atoms with Crippen LogP contribution in [0.5, 0.6) is 5.75 Å². The van der Waals surface area contributed by atoms with Crippen LogP contribution in [0.4, 0.5) is 5.69 Å². The summed E-state index contributed by atoms with van der Waals surface area (Å²) >= 11 is 0. The van der Waals surface area contributed by atoms with Crippen molar-refractivity contribution < 1.29 is 14.7 Å². The van der Waals surface area contributed by atoms with Gasteiger partial charge in [-0.25, -0.2) is 0 Å². The Bertz CT molecular complexity index is 634. The highest BCUT2D eigenvalue weighted by Crippen LogP contribution is 2.53. The van der Waals surface area contributed by atoms with Crippen molar-refractivity contribution in [3.63, 3.8) is 0 Å². The highest BCUT2D eigenvalue weighted by atomic mass is 16.3. The highest BCUT2D eigenvalue weighted by molar-refractivity contribution is 6.22. The topological polar surface area (TPSA) is 57.6 Å². The van der Waals surface area contributed by atoms with Crippen molar-refractivity contribution in [2.75, 3.05) is 4.90 Å². The number of phenols is 1. The van der Waals surface area contributed by atoms with Crippen LogP contribution in [0.15, 0.2) is 30.4 Å². The number of rotatable bonds is 1. The summed E-state index contributed by atoms with van der Waals surface area (Å²) in [6.45, 7) is 1.76. The van der Waals surface area contributed by atoms with E-state index >= 15 is 0 Å². The minimum atomic E-state index is -0.174. The Balaban J connectivity index is 1.76. The summed E-state index contributed by atoms with van der Waals surface area (Å²) in [6.07, 6.45) is 5.11. The molecule has 0 aromatic heterocycles. The third-order valence-electron chi connectivity index (χ3n) is 4.91. The number of aryl methyl sites for hydroxylation is 1. The van der Waals surface area contributed by atoms with Gasteiger partial charge in [0.2, 0.25) is 11.8 Å². The second kappa shape index (κ2) is 3.72. The largest absolute Gasteiger partial charge is 0.508 e. The number of hydrogen-bond donors (Lipinski definition) is 1. The van der Waals surface area contributed by atoms with Gasteiger partial charge in [-0.3, -0.25) is 14.5 Å². The Morgan fingerprint density at radius 2 is 1.70 bits per heavy atom. The number of anilines is 1. The van der Waals surface area contributed by atoms with Gasteiger partial charge in [0, 0.05) is 0 Å². The number of carbonyl (C=O) groups is 2. The molecule has 4 rings (SSSR count). The molecule has 2 fully saturated rings. The highest BCUT2D eigenvalue weighted by Gasteiger charge is 2.59. The van der Waals surface area contributed by atoms with Crippen molar-refractivity contribution in [1.29, 1.82) is 0 Å². The van der Waals surface area contributed by atoms with Crippen molar-refractivity contribution in [3.05, 3.63) is 35.9 Å². The van der Waals surface area contributed by atoms with Crippen molar-refractivity contribution >= 4 is 17.5 Å². The molecule has 1 aliphatic heterocycles. The smallest absolute Gasteiger partial charge is 0.238 e. The van der Waals surface area contributed by atoms with Crippen LogP contribution >= 0.6 is 0 Å². The molecule has 0 spiro atoms. The van der Waals surface area contributed by atoms with Gasteiger partial charge in [-0.15, -0.1) is 0 Å². The fourth-order valence-electron chi connectivity index (χ4n) is 3.94. The van der Waals surface area contributed by atoms with E-state index in [9.17, 15) is 14.7 Å². The lowest BCUT2D eigenvalue weighted by Crippen LogP contribution is -2.32. The lowest BCUT2D eigenvalue weighted by molar-refractivity contribution is -0.123. The van der Waals surface area contributed by atoms with Crippen molar-refractivity contribution in [2.24, 2.45) is 23.7 Å². The van der Waals surface area contributed by atoms with Crippen molar-refractivity contribution in [2.45, 2.75) is 13.3 Å². The van der Waals surface area contributed by atoms with Gasteiger partial charge < -0.3 is 5.11 Å². The van der Waals surface area contributed by atoms with E-state index in [-0.39, 0.29) is 41.2 Å². The molecule has 3 aliphatic rings. The Hall–Kier alpha value is -2.10. The quantitative estimate of drug-likeness (QED) is 0.626. The molecule has 2 aliphatic carbocycles. The Kier molecular flexibility index (Phi) is 2.18. The Morgan fingerprint density at radius 3 is 2.25 bits per heavy atom. The number of allylic oxidation sites excluding steroid dienone is 2. The summed E-state index contributed by atoms with van der Waals surface area (Å²) in [6, 6.07) is 4.86. The minimum Gasteiger partial charge on any atom is -0.508 e. The van der Waals surface area contributed by atoms with Crippen molar-refractivity contribution in [3.8, 4) is 5.75 Å². The van der Waals surface area contributed by atoms with E-state index in [2.05, 4.69) is 12.2 Å². The predicted molar refractivity (Wildman–Crippen MR) is 73.1 cm³/mol. The number of phenolic OH excluding ortho intramolecular Hbond substituents is 1. The summed E-state index contributed by atoms with van der Waals surface area (Å²) in [4.78, 5) is 26.5. The zero-order chi connectivity index (χ0) is 14.0. The third-order valence-corrected chi connectivity index (χ3v) is 4.91. The average molecular weight is 269 g/mol. The Morgan fingerprint density at radius 1 is 1.10 bits per heavy atom. The van der Waals surface area contributed by atoms with Crippen LogP contribution in [-0.4, -0.2) is 16.9 Å². The van der Waals surface area contributed by atoms with Gasteiger partial charge in [-0.05, 0) is 48.9 Å². The van der Waals surface area contributed by atoms with Gasteiger partial charge in [0.25, 0.3) is 0 Å². The van der Waals surface area contributed by atoms with Gasteiger partial charge in [0.15, 0.2) is 0 Å². The average Bonchev–Trinajstić information content (AvgIpc) is 3.08. The first kappa shape index (κ1) is 11.7. The molecule has 1 N–H and O–H groups in total. The maximum atomic E-state index is 12.6. The zero-order valence-corrected chi connectivity index (χ0v) is 11.1. The van der Waals surface area contributed by atoms with Gasteiger partial charge in [-0.2, -0.15) is 0 Å². The lowest BCUT2D eigenvalue weighted by Gasteiger charge is -2.18. The molecule has 4 atom stereocenters. The standard InChI is InChI=1S/C16H15NO3/c1-8-6-11(4-5-12(8)18)17-15(19)13-9-2-3-10(7-9)14(13)16(17)20/h2-6,9-10,13-14,18H,7H2,1H3. The van der Waals surface area contributed by atoms with Crippen LogP contribution in [0.3, 0.4) is 0 Å². The number of hydrogen-bond acceptors (Lipinski definition) is 3. The first-order valence-corrected chi connectivity index (χ1v) is 6.93. The number of imide groups is 1. The normalized spacial score (nSPS) is 34.1. The summed E-state index contributed by atoms with van der Waals surface area (Å²) in [5, 5.41) is 9.58. The Labute approximate surface area is 116 Å². The molecule has 2 amide bonds. The number of fused-ring (bicyclic) bond motifs is 5. The van der Waals surface area contributed by atoms with Crippen LogP contribution in [0.2, 0.25) is 0 Å². The molecule has 102 valence electrons. The van der Waals surface area contributed by atoms with Gasteiger partial charge in [0.1, 0.15) is 5.75 Å². The summed E-state index contributed by atoms with van der Waals surface area (Å²) < 4.78 is 0. The first-order chi connectivity index (χ1) is 9.58. The number of benzene rings is 1. The number of amides is 2. The predicted octanol–water partition coefficient (Wildman–Crippen LogP) is 2.01. The summed E-state index contributed by atoms with van der Waals surface area (Å²) in [7, 11) is 0. The first-order valence-electron chi connectivity index (χ1n) is 6.93. The third kappa shape index (κ3) is 1.31. The maximum absolute atomic E-state index is 12.6. The van der Waals surface area contributed by atoms with E-state index in [1.54, 1.807) is 19.1 Å². The molecule has 1 saturated carbocycles. The fraction of sp³-hybridized carbons (Fsp3) is 0.375. The van der Waals surface area contributed by atoms with E-state index in [4.69, 9.17) is 0 Å². The molecule has 1 heterocycles. The minimum absolute atomic E-state index is 0.0815. The number of aromatic hydroxyl groups is 1. The van der Waals surface area contributed by atoms with Crippen LogP contribution in [0, 0.1) is 30.6 Å². The van der Waals surface area contributed by atoms with E-state index in [0.29, 0.717) is 11.3 Å². The van der Waals surface area contributed by atoms with Gasteiger partial charge in [-0.1, -0.05) is 12.2 Å². The van der Waals surface area contributed by atoms with Crippen LogP contribution < -0.4 is 4.90 Å². The molecule has 1 aromatic rings. The second-order valence-corrected chi connectivity index (χ2v) is 5.98. The van der Waals surface area contributed by atoms with E-state index in [1.807, 2.05) is 0 Å². The second-order valence-electron chi connectivity index (χ2n) is 5.98. The van der Waals surface area contributed by atoms with E-state index in [0.717, 1.165) is 6.42 Å². The molecule has 1 saturated heterocycles. The van der Waals surface area contributed by atoms with Crippen LogP contribution in [-0.2, 0) is 9.59 Å². The lowest BCUT2D eigenvalue weighted by atomic mass is 9.85. The van der Waals surface area contributed by atoms with Crippen LogP contribution in [0.25, 0.3) is 0 Å². The van der Waals surface area contributed by atoms with E-state index in [1.165, 1.54) is 11.0 Å². The molecular formula is C16H15NO3. The number of nitrogens with zero attached hydrogens (tertiary/aromatic N) is 1. The van der Waals surface area contributed by atoms with Crippen LogP contribution in [0.1, 0.15) is 12.0 Å². The van der Waals surface area contributed by atoms with Crippen molar-refractivity contribution in [1.82, 2.24) is 0 Å².